The van der Waals surface area contributed by atoms with Crippen LogP contribution in [0.5, 0.6) is 0 Å². The van der Waals surface area contributed by atoms with Crippen molar-refractivity contribution < 1.29 is 23.0 Å². The first-order chi connectivity index (χ1) is 11.0. The Balaban J connectivity index is 1.87. The van der Waals surface area contributed by atoms with Crippen molar-refractivity contribution >= 4 is 17.5 Å². The molecule has 1 aromatic carbocycles. The zero-order chi connectivity index (χ0) is 16.6. The molecule has 0 bridgehead atoms. The van der Waals surface area contributed by atoms with Crippen molar-refractivity contribution in [2.45, 2.75) is 37.5 Å². The number of ether oxygens (including phenoxy) is 2. The van der Waals surface area contributed by atoms with Crippen LogP contribution in [0.25, 0.3) is 0 Å². The molecule has 0 unspecified atom stereocenters. The lowest BCUT2D eigenvalue weighted by atomic mass is 9.87. The highest BCUT2D eigenvalue weighted by Crippen LogP contribution is 2.32. The minimum absolute atomic E-state index is 0.0508. The fraction of sp³-hybridized carbons (Fsp3) is 0.562. The van der Waals surface area contributed by atoms with Crippen molar-refractivity contribution in [3.63, 3.8) is 0 Å². The molecule has 1 saturated carbocycles. The van der Waals surface area contributed by atoms with E-state index < -0.39 is 22.6 Å². The van der Waals surface area contributed by atoms with Gasteiger partial charge in [0.2, 0.25) is 0 Å². The maximum absolute atomic E-state index is 14.2. The third-order valence-electron chi connectivity index (χ3n) is 4.63. The van der Waals surface area contributed by atoms with Crippen LogP contribution in [-0.4, -0.2) is 49.3 Å². The molecule has 23 heavy (non-hydrogen) atoms. The van der Waals surface area contributed by atoms with Crippen LogP contribution in [0.2, 0.25) is 5.02 Å². The lowest BCUT2D eigenvalue weighted by Crippen LogP contribution is -2.57. The van der Waals surface area contributed by atoms with Crippen molar-refractivity contribution in [3.8, 4) is 0 Å². The second-order valence-corrected chi connectivity index (χ2v) is 6.25. The number of nitrogens with zero attached hydrogens (tertiary/aromatic N) is 1. The molecule has 3 atom stereocenters. The largest absolute Gasteiger partial charge is 0.381 e. The van der Waals surface area contributed by atoms with E-state index in [9.17, 15) is 13.6 Å². The summed E-state index contributed by atoms with van der Waals surface area (Å²) in [6.45, 7) is 0.770. The Bertz CT molecular complexity index is 613. The molecule has 7 heteroatoms. The lowest BCUT2D eigenvalue weighted by Gasteiger charge is -2.45. The number of benzene rings is 1. The number of halogens is 3. The van der Waals surface area contributed by atoms with Crippen molar-refractivity contribution in [2.24, 2.45) is 0 Å². The average Bonchev–Trinajstić information content (AvgIpc) is 2.58. The number of rotatable bonds is 2. The Labute approximate surface area is 138 Å². The molecule has 0 aromatic heterocycles. The first-order valence-electron chi connectivity index (χ1n) is 7.61. The first kappa shape index (κ1) is 16.6. The van der Waals surface area contributed by atoms with Gasteiger partial charge in [-0.15, -0.1) is 0 Å². The van der Waals surface area contributed by atoms with Crippen LogP contribution in [-0.2, 0) is 9.47 Å². The van der Waals surface area contributed by atoms with Crippen LogP contribution in [0.3, 0.4) is 0 Å². The first-order valence-corrected chi connectivity index (χ1v) is 7.99. The minimum Gasteiger partial charge on any atom is -0.381 e. The number of hydrogen-bond acceptors (Lipinski definition) is 3. The quantitative estimate of drug-likeness (QED) is 0.773. The summed E-state index contributed by atoms with van der Waals surface area (Å²) in [6, 6.07) is 1.98. The summed E-state index contributed by atoms with van der Waals surface area (Å²) in [5.41, 5.74) is -0.211. The van der Waals surface area contributed by atoms with Crippen LogP contribution in [0.4, 0.5) is 8.78 Å². The molecule has 0 spiro atoms. The zero-order valence-corrected chi connectivity index (χ0v) is 13.5. The van der Waals surface area contributed by atoms with Crippen molar-refractivity contribution in [2.75, 3.05) is 20.3 Å². The molecular weight excluding hydrogens is 328 g/mol. The van der Waals surface area contributed by atoms with E-state index in [1.807, 2.05) is 0 Å². The summed E-state index contributed by atoms with van der Waals surface area (Å²) in [7, 11) is 1.64. The van der Waals surface area contributed by atoms with E-state index in [1.54, 1.807) is 12.0 Å². The molecule has 3 rings (SSSR count). The average molecular weight is 346 g/mol. The van der Waals surface area contributed by atoms with Gasteiger partial charge in [-0.2, -0.15) is 0 Å². The van der Waals surface area contributed by atoms with Gasteiger partial charge >= 0.3 is 0 Å². The van der Waals surface area contributed by atoms with Gasteiger partial charge in [0.15, 0.2) is 5.82 Å². The Morgan fingerprint density at radius 2 is 2.17 bits per heavy atom. The van der Waals surface area contributed by atoms with Gasteiger partial charge in [-0.1, -0.05) is 11.6 Å². The van der Waals surface area contributed by atoms with Gasteiger partial charge in [0.25, 0.3) is 5.91 Å². The molecule has 4 nitrogen and oxygen atoms in total. The van der Waals surface area contributed by atoms with Crippen LogP contribution in [0.15, 0.2) is 12.1 Å². The second kappa shape index (κ2) is 6.71. The van der Waals surface area contributed by atoms with Gasteiger partial charge in [0.1, 0.15) is 10.8 Å². The van der Waals surface area contributed by atoms with Crippen molar-refractivity contribution in [1.82, 2.24) is 4.90 Å². The van der Waals surface area contributed by atoms with E-state index in [-0.39, 0.29) is 23.8 Å². The lowest BCUT2D eigenvalue weighted by molar-refractivity contribution is -0.101. The summed E-state index contributed by atoms with van der Waals surface area (Å²) >= 11 is 5.58. The minimum atomic E-state index is -1.01. The molecule has 126 valence electrons. The zero-order valence-electron chi connectivity index (χ0n) is 12.7. The van der Waals surface area contributed by atoms with Crippen LogP contribution >= 0.6 is 11.6 Å². The van der Waals surface area contributed by atoms with Crippen LogP contribution in [0, 0.1) is 11.6 Å². The molecule has 2 aliphatic rings. The highest BCUT2D eigenvalue weighted by Gasteiger charge is 2.40. The summed E-state index contributed by atoms with van der Waals surface area (Å²) < 4.78 is 38.6. The third kappa shape index (κ3) is 3.07. The summed E-state index contributed by atoms with van der Waals surface area (Å²) in [5, 5.41) is -0.654. The van der Waals surface area contributed by atoms with Gasteiger partial charge in [-0.3, -0.25) is 4.79 Å². The summed E-state index contributed by atoms with van der Waals surface area (Å²) in [4.78, 5) is 14.3. The van der Waals surface area contributed by atoms with Gasteiger partial charge in [-0.05, 0) is 31.4 Å². The maximum Gasteiger partial charge on any atom is 0.257 e. The highest BCUT2D eigenvalue weighted by molar-refractivity contribution is 6.31. The molecule has 0 N–H and O–H groups in total. The Kier molecular flexibility index (Phi) is 4.85. The van der Waals surface area contributed by atoms with Crippen LogP contribution in [0.1, 0.15) is 29.6 Å². The Hall–Kier alpha value is -1.24. The summed E-state index contributed by atoms with van der Waals surface area (Å²) in [6.07, 6.45) is 2.28. The molecule has 1 amide bonds. The number of amides is 1. The topological polar surface area (TPSA) is 38.8 Å². The molecule has 1 aromatic rings. The van der Waals surface area contributed by atoms with E-state index in [1.165, 1.54) is 0 Å². The van der Waals surface area contributed by atoms with Crippen molar-refractivity contribution in [3.05, 3.63) is 34.4 Å². The van der Waals surface area contributed by atoms with Gasteiger partial charge in [0, 0.05) is 13.7 Å². The van der Waals surface area contributed by atoms with Crippen molar-refractivity contribution in [1.29, 1.82) is 0 Å². The van der Waals surface area contributed by atoms with Gasteiger partial charge in [-0.25, -0.2) is 8.78 Å². The standard InChI is InChI=1S/C16H18ClF2NO3/c1-22-9-2-5-13-12(8-9)20(6-7-23-13)16(21)10-3-4-11(18)14(17)15(10)19/h3-4,9,12-13H,2,5-8H2,1H3/t9-,12+,13-/m1/s1. The normalized spacial score (nSPS) is 27.7. The second-order valence-electron chi connectivity index (χ2n) is 5.87. The molecule has 1 heterocycles. The van der Waals surface area contributed by atoms with E-state index >= 15 is 0 Å². The van der Waals surface area contributed by atoms with Gasteiger partial charge < -0.3 is 14.4 Å². The number of carbonyl (C=O) groups excluding carboxylic acids is 1. The van der Waals surface area contributed by atoms with E-state index in [0.717, 1.165) is 25.0 Å². The molecule has 0 radical (unpaired) electrons. The van der Waals surface area contributed by atoms with E-state index in [4.69, 9.17) is 21.1 Å². The molecule has 1 aliphatic heterocycles. The third-order valence-corrected chi connectivity index (χ3v) is 4.98. The number of hydrogen-bond donors (Lipinski definition) is 0. The van der Waals surface area contributed by atoms with E-state index in [2.05, 4.69) is 0 Å². The Morgan fingerprint density at radius 1 is 1.39 bits per heavy atom. The monoisotopic (exact) mass is 345 g/mol. The molecule has 1 aliphatic carbocycles. The predicted molar refractivity (Wildman–Crippen MR) is 80.6 cm³/mol. The number of methoxy groups -OCH3 is 1. The fourth-order valence-corrected chi connectivity index (χ4v) is 3.55. The highest BCUT2D eigenvalue weighted by atomic mass is 35.5. The Morgan fingerprint density at radius 3 is 2.91 bits per heavy atom. The fourth-order valence-electron chi connectivity index (χ4n) is 3.38. The number of fused-ring (bicyclic) bond motifs is 1. The van der Waals surface area contributed by atoms with Crippen LogP contribution < -0.4 is 0 Å². The molecule has 2 fully saturated rings. The van der Waals surface area contributed by atoms with E-state index in [0.29, 0.717) is 19.6 Å². The molecule has 1 saturated heterocycles. The SMILES string of the molecule is CO[C@@H]1CC[C@H]2OCCN(C(=O)c3ccc(F)c(Cl)c3F)[C@H]2C1. The smallest absolute Gasteiger partial charge is 0.257 e. The van der Waals surface area contributed by atoms with Gasteiger partial charge in [0.05, 0.1) is 30.4 Å². The summed E-state index contributed by atoms with van der Waals surface area (Å²) in [5.74, 6) is -2.38. The predicted octanol–water partition coefficient (Wildman–Crippen LogP) is 3.03. The number of morpholine rings is 1. The number of carbonyl (C=O) groups is 1. The molecular formula is C16H18ClF2NO3. The maximum atomic E-state index is 14.2.